The summed E-state index contributed by atoms with van der Waals surface area (Å²) in [6.07, 6.45) is -1.43. The van der Waals surface area contributed by atoms with E-state index in [9.17, 15) is 18.0 Å². The number of carbonyl (C=O) groups is 1. The summed E-state index contributed by atoms with van der Waals surface area (Å²) in [6, 6.07) is 10.4. The number of carbonyl (C=O) groups excluding carboxylic acids is 1. The van der Waals surface area contributed by atoms with Crippen molar-refractivity contribution in [3.63, 3.8) is 0 Å². The number of alkyl halides is 3. The van der Waals surface area contributed by atoms with Crippen LogP contribution in [0.25, 0.3) is 6.08 Å². The molecule has 3 aromatic rings. The number of nitrogens with one attached hydrogen (secondary N) is 1. The molecular formula is C21H18F3N3O3S2. The summed E-state index contributed by atoms with van der Waals surface area (Å²) >= 11 is 2.38. The minimum Gasteiger partial charge on any atom is -0.493 e. The lowest BCUT2D eigenvalue weighted by Crippen LogP contribution is -2.07. The first-order valence-electron chi connectivity index (χ1n) is 9.12. The van der Waals surface area contributed by atoms with Gasteiger partial charge in [0.05, 0.1) is 19.8 Å². The van der Waals surface area contributed by atoms with Crippen molar-refractivity contribution in [3.8, 4) is 11.5 Å². The Hall–Kier alpha value is -3.05. The molecule has 1 heterocycles. The van der Waals surface area contributed by atoms with Crippen LogP contribution in [0.4, 0.5) is 18.3 Å². The highest BCUT2D eigenvalue weighted by Crippen LogP contribution is 2.32. The van der Waals surface area contributed by atoms with Crippen molar-refractivity contribution < 1.29 is 27.4 Å². The van der Waals surface area contributed by atoms with Crippen LogP contribution >= 0.6 is 23.1 Å². The molecule has 1 N–H and O–H groups in total. The number of amides is 1. The standard InChI is InChI=1S/C21H18F3N3O3S2/c1-29-16-8-6-13(11-17(16)30-2)7-9-18(28)25-19-26-27-20(32-19)31-12-14-4-3-5-15(10-14)21(22,23)24/h3-11H,12H2,1-2H3,(H,25,26,28)/b9-7+. The van der Waals surface area contributed by atoms with Crippen LogP contribution in [0.2, 0.25) is 0 Å². The molecule has 0 saturated heterocycles. The van der Waals surface area contributed by atoms with Gasteiger partial charge in [0.1, 0.15) is 0 Å². The largest absolute Gasteiger partial charge is 0.493 e. The highest BCUT2D eigenvalue weighted by molar-refractivity contribution is 8.00. The molecule has 2 aromatic carbocycles. The van der Waals surface area contributed by atoms with E-state index in [1.54, 1.807) is 30.3 Å². The number of benzene rings is 2. The van der Waals surface area contributed by atoms with Gasteiger partial charge in [-0.15, -0.1) is 10.2 Å². The first kappa shape index (κ1) is 23.6. The van der Waals surface area contributed by atoms with E-state index in [-0.39, 0.29) is 0 Å². The van der Waals surface area contributed by atoms with Gasteiger partial charge < -0.3 is 9.47 Å². The second-order valence-corrected chi connectivity index (χ2v) is 8.50. The van der Waals surface area contributed by atoms with Gasteiger partial charge in [0.2, 0.25) is 11.0 Å². The fourth-order valence-electron chi connectivity index (χ4n) is 2.58. The normalized spacial score (nSPS) is 11.5. The SMILES string of the molecule is COc1ccc(/C=C/C(=O)Nc2nnc(SCc3cccc(C(F)(F)F)c3)s2)cc1OC. The lowest BCUT2D eigenvalue weighted by Gasteiger charge is -2.07. The number of ether oxygens (including phenoxy) is 2. The van der Waals surface area contributed by atoms with E-state index in [1.165, 1.54) is 38.1 Å². The molecule has 11 heteroatoms. The van der Waals surface area contributed by atoms with Crippen LogP contribution in [-0.2, 0) is 16.7 Å². The van der Waals surface area contributed by atoms with Crippen LogP contribution in [0.1, 0.15) is 16.7 Å². The predicted octanol–water partition coefficient (Wildman–Crippen LogP) is 5.52. The highest BCUT2D eigenvalue weighted by atomic mass is 32.2. The summed E-state index contributed by atoms with van der Waals surface area (Å²) in [5.41, 5.74) is 0.568. The minimum absolute atomic E-state index is 0.290. The summed E-state index contributed by atoms with van der Waals surface area (Å²) in [5, 5.41) is 10.8. The van der Waals surface area contributed by atoms with Gasteiger partial charge in [0.25, 0.3) is 0 Å². The minimum atomic E-state index is -4.38. The van der Waals surface area contributed by atoms with Gasteiger partial charge in [0, 0.05) is 11.8 Å². The molecule has 32 heavy (non-hydrogen) atoms. The maximum Gasteiger partial charge on any atom is 0.416 e. The molecule has 0 aliphatic carbocycles. The molecule has 1 aromatic heterocycles. The van der Waals surface area contributed by atoms with E-state index in [4.69, 9.17) is 9.47 Å². The third-order valence-corrected chi connectivity index (χ3v) is 6.13. The second kappa shape index (κ2) is 10.5. The molecule has 6 nitrogen and oxygen atoms in total. The molecule has 0 bridgehead atoms. The van der Waals surface area contributed by atoms with Crippen molar-refractivity contribution in [2.75, 3.05) is 19.5 Å². The number of hydrogen-bond donors (Lipinski definition) is 1. The molecular weight excluding hydrogens is 463 g/mol. The lowest BCUT2D eigenvalue weighted by atomic mass is 10.1. The molecule has 0 fully saturated rings. The summed E-state index contributed by atoms with van der Waals surface area (Å²) < 4.78 is 49.4. The Balaban J connectivity index is 1.56. The van der Waals surface area contributed by atoms with Gasteiger partial charge in [0.15, 0.2) is 15.8 Å². The monoisotopic (exact) mass is 481 g/mol. The fourth-order valence-corrected chi connectivity index (χ4v) is 4.27. The Bertz CT molecular complexity index is 1120. The van der Waals surface area contributed by atoms with Crippen molar-refractivity contribution in [2.45, 2.75) is 16.3 Å². The van der Waals surface area contributed by atoms with Gasteiger partial charge >= 0.3 is 6.18 Å². The van der Waals surface area contributed by atoms with Gasteiger partial charge in [-0.2, -0.15) is 13.2 Å². The first-order valence-corrected chi connectivity index (χ1v) is 10.9. The number of thioether (sulfide) groups is 1. The topological polar surface area (TPSA) is 73.3 Å². The zero-order valence-electron chi connectivity index (χ0n) is 17.0. The van der Waals surface area contributed by atoms with Gasteiger partial charge in [-0.1, -0.05) is 47.4 Å². The summed E-state index contributed by atoms with van der Waals surface area (Å²) in [7, 11) is 3.06. The second-order valence-electron chi connectivity index (χ2n) is 6.30. The van der Waals surface area contributed by atoms with Crippen molar-refractivity contribution in [1.29, 1.82) is 0 Å². The summed E-state index contributed by atoms with van der Waals surface area (Å²) in [5.74, 6) is 1.02. The molecule has 0 unspecified atom stereocenters. The predicted molar refractivity (Wildman–Crippen MR) is 118 cm³/mol. The zero-order chi connectivity index (χ0) is 23.1. The number of nitrogens with zero attached hydrogens (tertiary/aromatic N) is 2. The molecule has 0 radical (unpaired) electrons. The summed E-state index contributed by atoms with van der Waals surface area (Å²) in [4.78, 5) is 12.2. The Kier molecular flexibility index (Phi) is 7.75. The zero-order valence-corrected chi connectivity index (χ0v) is 18.6. The van der Waals surface area contributed by atoms with Gasteiger partial charge in [-0.25, -0.2) is 0 Å². The maximum atomic E-state index is 12.8. The maximum absolute atomic E-state index is 12.8. The molecule has 0 atom stereocenters. The van der Waals surface area contributed by atoms with Crippen LogP contribution in [0.3, 0.4) is 0 Å². The van der Waals surface area contributed by atoms with Crippen molar-refractivity contribution in [3.05, 3.63) is 65.2 Å². The van der Waals surface area contributed by atoms with E-state index < -0.39 is 17.6 Å². The van der Waals surface area contributed by atoms with Crippen molar-refractivity contribution in [2.24, 2.45) is 0 Å². The Morgan fingerprint density at radius 3 is 2.62 bits per heavy atom. The van der Waals surface area contributed by atoms with E-state index in [0.717, 1.165) is 29.0 Å². The number of rotatable bonds is 8. The van der Waals surface area contributed by atoms with Crippen molar-refractivity contribution >= 4 is 40.2 Å². The van der Waals surface area contributed by atoms with E-state index in [2.05, 4.69) is 15.5 Å². The van der Waals surface area contributed by atoms with E-state index in [0.29, 0.717) is 32.3 Å². The Labute approximate surface area is 190 Å². The number of anilines is 1. The van der Waals surface area contributed by atoms with Crippen molar-refractivity contribution in [1.82, 2.24) is 10.2 Å². The highest BCUT2D eigenvalue weighted by Gasteiger charge is 2.30. The third-order valence-electron chi connectivity index (χ3n) is 4.09. The average Bonchev–Trinajstić information content (AvgIpc) is 3.22. The smallest absolute Gasteiger partial charge is 0.416 e. The number of hydrogen-bond acceptors (Lipinski definition) is 7. The number of halogens is 3. The molecule has 0 saturated carbocycles. The Morgan fingerprint density at radius 2 is 1.91 bits per heavy atom. The molecule has 1 amide bonds. The average molecular weight is 482 g/mol. The third kappa shape index (κ3) is 6.47. The number of aromatic nitrogens is 2. The van der Waals surface area contributed by atoms with Crippen LogP contribution in [-0.4, -0.2) is 30.3 Å². The molecule has 0 spiro atoms. The fraction of sp³-hybridized carbons (Fsp3) is 0.190. The Morgan fingerprint density at radius 1 is 1.12 bits per heavy atom. The van der Waals surface area contributed by atoms with Crippen LogP contribution in [0, 0.1) is 0 Å². The van der Waals surface area contributed by atoms with Crippen LogP contribution in [0.5, 0.6) is 11.5 Å². The summed E-state index contributed by atoms with van der Waals surface area (Å²) in [6.45, 7) is 0. The number of methoxy groups -OCH3 is 2. The lowest BCUT2D eigenvalue weighted by molar-refractivity contribution is -0.137. The van der Waals surface area contributed by atoms with E-state index >= 15 is 0 Å². The van der Waals surface area contributed by atoms with Crippen LogP contribution < -0.4 is 14.8 Å². The molecule has 0 aliphatic rings. The van der Waals surface area contributed by atoms with Crippen LogP contribution in [0.15, 0.2) is 52.9 Å². The van der Waals surface area contributed by atoms with E-state index in [1.807, 2.05) is 0 Å². The molecule has 3 rings (SSSR count). The molecule has 168 valence electrons. The van der Waals surface area contributed by atoms with Gasteiger partial charge in [-0.3, -0.25) is 10.1 Å². The van der Waals surface area contributed by atoms with Gasteiger partial charge in [-0.05, 0) is 35.4 Å². The first-order chi connectivity index (χ1) is 15.3. The quantitative estimate of drug-likeness (QED) is 0.260. The molecule has 0 aliphatic heterocycles.